The van der Waals surface area contributed by atoms with E-state index in [1.807, 2.05) is 30.3 Å². The van der Waals surface area contributed by atoms with Gasteiger partial charge < -0.3 is 15.4 Å². The topological polar surface area (TPSA) is 104 Å². The molecule has 4 rings (SSSR count). The van der Waals surface area contributed by atoms with E-state index < -0.39 is 0 Å². The van der Waals surface area contributed by atoms with Gasteiger partial charge in [0, 0.05) is 28.9 Å². The first-order chi connectivity index (χ1) is 13.7. The molecular formula is C19H23N5O3S. The maximum absolute atomic E-state index is 12.8. The number of anilines is 1. The molecule has 2 aliphatic rings. The zero-order valence-corrected chi connectivity index (χ0v) is 16.3. The van der Waals surface area contributed by atoms with E-state index in [4.69, 9.17) is 4.74 Å². The Labute approximate surface area is 167 Å². The number of hydrogen-bond donors (Lipinski definition) is 4. The van der Waals surface area contributed by atoms with E-state index in [-0.39, 0.29) is 30.3 Å². The number of aromatic nitrogens is 1. The fraction of sp³-hybridized carbons (Fsp3) is 0.421. The number of ether oxygens (including phenoxy) is 1. The number of carbonyl (C=O) groups is 2. The van der Waals surface area contributed by atoms with Gasteiger partial charge in [0.05, 0.1) is 19.2 Å². The standard InChI is InChI=1S/C19H23N5O3S/c1-27-15(25)9-14-16(11-5-3-2-4-6-11)21-19(28-14)22-18(26)17-12-10-20-8-7-13(12)23-24-17/h2-6,12-13,17,20,23-24H,7-10H2,1H3,(H,21,22,26). The highest BCUT2D eigenvalue weighted by Gasteiger charge is 2.41. The molecule has 2 saturated heterocycles. The summed E-state index contributed by atoms with van der Waals surface area (Å²) in [6.45, 7) is 1.75. The van der Waals surface area contributed by atoms with Crippen LogP contribution in [0.3, 0.4) is 0 Å². The molecule has 3 heterocycles. The van der Waals surface area contributed by atoms with Crippen molar-refractivity contribution in [3.05, 3.63) is 35.2 Å². The van der Waals surface area contributed by atoms with Gasteiger partial charge in [0.15, 0.2) is 5.13 Å². The van der Waals surface area contributed by atoms with Gasteiger partial charge in [-0.1, -0.05) is 30.3 Å². The van der Waals surface area contributed by atoms with Gasteiger partial charge in [-0.05, 0) is 13.0 Å². The number of amides is 1. The summed E-state index contributed by atoms with van der Waals surface area (Å²) in [4.78, 5) is 30.0. The summed E-state index contributed by atoms with van der Waals surface area (Å²) in [6, 6.07) is 9.59. The number of hydrogen-bond acceptors (Lipinski definition) is 8. The lowest BCUT2D eigenvalue weighted by atomic mass is 9.89. The molecule has 9 heteroatoms. The monoisotopic (exact) mass is 401 g/mol. The lowest BCUT2D eigenvalue weighted by Gasteiger charge is -2.27. The number of piperidine rings is 1. The molecule has 0 radical (unpaired) electrons. The summed E-state index contributed by atoms with van der Waals surface area (Å²) in [6.07, 6.45) is 1.10. The Morgan fingerprint density at radius 2 is 2.11 bits per heavy atom. The van der Waals surface area contributed by atoms with Gasteiger partial charge in [-0.2, -0.15) is 0 Å². The molecule has 2 aliphatic heterocycles. The molecule has 0 saturated carbocycles. The summed E-state index contributed by atoms with van der Waals surface area (Å²) in [7, 11) is 1.36. The number of rotatable bonds is 5. The number of nitrogens with zero attached hydrogens (tertiary/aromatic N) is 1. The second-order valence-electron chi connectivity index (χ2n) is 6.93. The van der Waals surface area contributed by atoms with E-state index in [1.54, 1.807) is 0 Å². The van der Waals surface area contributed by atoms with Crippen LogP contribution in [0.5, 0.6) is 0 Å². The molecule has 28 heavy (non-hydrogen) atoms. The molecule has 4 N–H and O–H groups in total. The van der Waals surface area contributed by atoms with Crippen LogP contribution >= 0.6 is 11.3 Å². The fourth-order valence-corrected chi connectivity index (χ4v) is 4.68. The molecule has 0 spiro atoms. The second kappa shape index (κ2) is 8.36. The van der Waals surface area contributed by atoms with Crippen LogP contribution in [-0.4, -0.2) is 49.1 Å². The van der Waals surface area contributed by atoms with Crippen molar-refractivity contribution < 1.29 is 14.3 Å². The lowest BCUT2D eigenvalue weighted by Crippen LogP contribution is -2.47. The molecule has 0 bridgehead atoms. The van der Waals surface area contributed by atoms with Crippen molar-refractivity contribution in [1.82, 2.24) is 21.2 Å². The SMILES string of the molecule is COC(=O)Cc1sc(NC(=O)C2NNC3CCNCC32)nc1-c1ccccc1. The minimum atomic E-state index is -0.337. The van der Waals surface area contributed by atoms with Crippen LogP contribution in [-0.2, 0) is 20.7 Å². The van der Waals surface area contributed by atoms with Crippen LogP contribution in [0.25, 0.3) is 11.3 Å². The van der Waals surface area contributed by atoms with Crippen LogP contribution in [0.15, 0.2) is 30.3 Å². The Bertz CT molecular complexity index is 857. The average molecular weight is 401 g/mol. The number of hydrazine groups is 1. The first-order valence-corrected chi connectivity index (χ1v) is 10.1. The third kappa shape index (κ3) is 3.93. The Balaban J connectivity index is 1.54. The summed E-state index contributed by atoms with van der Waals surface area (Å²) in [5, 5.41) is 6.75. The highest BCUT2D eigenvalue weighted by Crippen LogP contribution is 2.32. The second-order valence-corrected chi connectivity index (χ2v) is 8.01. The number of methoxy groups -OCH3 is 1. The maximum Gasteiger partial charge on any atom is 0.310 e. The van der Waals surface area contributed by atoms with Crippen molar-refractivity contribution >= 4 is 28.3 Å². The lowest BCUT2D eigenvalue weighted by molar-refractivity contribution is -0.139. The van der Waals surface area contributed by atoms with Crippen LogP contribution < -0.4 is 21.5 Å². The molecule has 0 aliphatic carbocycles. The predicted molar refractivity (Wildman–Crippen MR) is 107 cm³/mol. The minimum Gasteiger partial charge on any atom is -0.469 e. The fourth-order valence-electron chi connectivity index (χ4n) is 3.71. The molecular weight excluding hydrogens is 378 g/mol. The Morgan fingerprint density at radius 1 is 1.29 bits per heavy atom. The van der Waals surface area contributed by atoms with Crippen molar-refractivity contribution in [2.45, 2.75) is 24.9 Å². The normalized spacial score (nSPS) is 23.8. The molecule has 2 aromatic rings. The third-order valence-corrected chi connectivity index (χ3v) is 6.14. The Morgan fingerprint density at radius 3 is 2.89 bits per heavy atom. The van der Waals surface area contributed by atoms with Gasteiger partial charge in [0.25, 0.3) is 0 Å². The first kappa shape index (κ1) is 19.0. The van der Waals surface area contributed by atoms with Crippen molar-refractivity contribution in [2.75, 3.05) is 25.5 Å². The van der Waals surface area contributed by atoms with E-state index in [9.17, 15) is 9.59 Å². The van der Waals surface area contributed by atoms with Crippen LogP contribution in [0.2, 0.25) is 0 Å². The van der Waals surface area contributed by atoms with Crippen molar-refractivity contribution in [3.63, 3.8) is 0 Å². The zero-order valence-electron chi connectivity index (χ0n) is 15.5. The molecule has 3 unspecified atom stereocenters. The van der Waals surface area contributed by atoms with Crippen molar-refractivity contribution in [2.24, 2.45) is 5.92 Å². The quantitative estimate of drug-likeness (QED) is 0.552. The largest absolute Gasteiger partial charge is 0.469 e. The molecule has 8 nitrogen and oxygen atoms in total. The summed E-state index contributed by atoms with van der Waals surface area (Å²) < 4.78 is 4.80. The van der Waals surface area contributed by atoms with Crippen LogP contribution in [0.4, 0.5) is 5.13 Å². The number of fused-ring (bicyclic) bond motifs is 1. The van der Waals surface area contributed by atoms with Gasteiger partial charge in [-0.15, -0.1) is 11.3 Å². The van der Waals surface area contributed by atoms with E-state index in [0.29, 0.717) is 16.9 Å². The molecule has 1 amide bonds. The highest BCUT2D eigenvalue weighted by molar-refractivity contribution is 7.16. The van der Waals surface area contributed by atoms with E-state index in [0.717, 1.165) is 30.0 Å². The Kier molecular flexibility index (Phi) is 5.67. The number of nitrogens with one attached hydrogen (secondary N) is 4. The highest BCUT2D eigenvalue weighted by atomic mass is 32.1. The molecule has 3 atom stereocenters. The number of carbonyl (C=O) groups excluding carboxylic acids is 2. The van der Waals surface area contributed by atoms with Crippen molar-refractivity contribution in [3.8, 4) is 11.3 Å². The predicted octanol–water partition coefficient (Wildman–Crippen LogP) is 0.919. The van der Waals surface area contributed by atoms with Gasteiger partial charge in [-0.3, -0.25) is 15.0 Å². The van der Waals surface area contributed by atoms with Gasteiger partial charge in [0.2, 0.25) is 5.91 Å². The summed E-state index contributed by atoms with van der Waals surface area (Å²) in [5.41, 5.74) is 7.93. The van der Waals surface area contributed by atoms with Crippen LogP contribution in [0, 0.1) is 5.92 Å². The molecule has 1 aromatic carbocycles. The summed E-state index contributed by atoms with van der Waals surface area (Å²) in [5.74, 6) is -0.269. The summed E-state index contributed by atoms with van der Waals surface area (Å²) >= 11 is 1.31. The van der Waals surface area contributed by atoms with Gasteiger partial charge >= 0.3 is 5.97 Å². The smallest absolute Gasteiger partial charge is 0.310 e. The molecule has 2 fully saturated rings. The number of thiazole rings is 1. The molecule has 1 aromatic heterocycles. The third-order valence-electron chi connectivity index (χ3n) is 5.17. The number of esters is 1. The van der Waals surface area contributed by atoms with E-state index in [1.165, 1.54) is 18.4 Å². The van der Waals surface area contributed by atoms with E-state index in [2.05, 4.69) is 26.5 Å². The number of benzene rings is 1. The average Bonchev–Trinajstić information content (AvgIpc) is 3.32. The van der Waals surface area contributed by atoms with E-state index >= 15 is 0 Å². The van der Waals surface area contributed by atoms with Gasteiger partial charge in [-0.25, -0.2) is 10.4 Å². The zero-order chi connectivity index (χ0) is 19.5. The van der Waals surface area contributed by atoms with Crippen molar-refractivity contribution in [1.29, 1.82) is 0 Å². The maximum atomic E-state index is 12.8. The molecule has 148 valence electrons. The Hall–Kier alpha value is -2.33. The first-order valence-electron chi connectivity index (χ1n) is 9.30. The minimum absolute atomic E-state index is 0.117. The van der Waals surface area contributed by atoms with Crippen LogP contribution in [0.1, 0.15) is 11.3 Å². The van der Waals surface area contributed by atoms with Gasteiger partial charge in [0.1, 0.15) is 6.04 Å².